The highest BCUT2D eigenvalue weighted by Gasteiger charge is 2.18. The van der Waals surface area contributed by atoms with Gasteiger partial charge in [-0.15, -0.1) is 0 Å². The van der Waals surface area contributed by atoms with Crippen LogP contribution in [-0.4, -0.2) is 44.7 Å². The lowest BCUT2D eigenvalue weighted by Gasteiger charge is -2.13. The zero-order valence-corrected chi connectivity index (χ0v) is 17.7. The Morgan fingerprint density at radius 2 is 1.79 bits per heavy atom. The first-order valence-corrected chi connectivity index (χ1v) is 10.6. The Morgan fingerprint density at radius 1 is 1.11 bits per heavy atom. The molecule has 0 bridgehead atoms. The fraction of sp³-hybridized carbons (Fsp3) is 0.474. The molecule has 0 spiro atoms. The summed E-state index contributed by atoms with van der Waals surface area (Å²) in [5.74, 6) is 0.408. The van der Waals surface area contributed by atoms with Crippen molar-refractivity contribution in [2.45, 2.75) is 44.6 Å². The number of rotatable bonds is 10. The Labute approximate surface area is 166 Å². The average Bonchev–Trinajstić information content (AvgIpc) is 2.65. The van der Waals surface area contributed by atoms with E-state index in [4.69, 9.17) is 9.47 Å². The summed E-state index contributed by atoms with van der Waals surface area (Å²) in [5, 5.41) is 3.21. The van der Waals surface area contributed by atoms with Crippen LogP contribution in [0.1, 0.15) is 39.2 Å². The van der Waals surface area contributed by atoms with Crippen molar-refractivity contribution in [3.8, 4) is 11.9 Å². The maximum Gasteiger partial charge on any atom is 0.319 e. The molecule has 0 aliphatic heterocycles. The van der Waals surface area contributed by atoms with Crippen molar-refractivity contribution >= 4 is 15.7 Å². The van der Waals surface area contributed by atoms with Crippen LogP contribution in [0.2, 0.25) is 0 Å². The van der Waals surface area contributed by atoms with Crippen LogP contribution in [0.15, 0.2) is 35.4 Å². The predicted molar refractivity (Wildman–Crippen MR) is 109 cm³/mol. The summed E-state index contributed by atoms with van der Waals surface area (Å²) in [7, 11) is -2.39. The number of benzene rings is 1. The third kappa shape index (κ3) is 6.07. The van der Waals surface area contributed by atoms with E-state index >= 15 is 0 Å². The van der Waals surface area contributed by atoms with E-state index in [-0.39, 0.29) is 22.5 Å². The third-order valence-corrected chi connectivity index (χ3v) is 5.29. The molecule has 0 aliphatic rings. The minimum atomic E-state index is -3.79. The summed E-state index contributed by atoms with van der Waals surface area (Å²) in [6.45, 7) is 9.20. The van der Waals surface area contributed by atoms with Crippen molar-refractivity contribution in [3.63, 3.8) is 0 Å². The monoisotopic (exact) mass is 408 g/mol. The van der Waals surface area contributed by atoms with Gasteiger partial charge in [-0.3, -0.25) is 4.72 Å². The summed E-state index contributed by atoms with van der Waals surface area (Å²) < 4.78 is 38.4. The van der Waals surface area contributed by atoms with E-state index in [2.05, 4.69) is 20.0 Å². The number of ether oxygens (including phenoxy) is 2. The molecule has 0 radical (unpaired) electrons. The topological polar surface area (TPSA) is 102 Å². The second-order valence-corrected chi connectivity index (χ2v) is 8.54. The van der Waals surface area contributed by atoms with Gasteiger partial charge in [0.05, 0.1) is 18.2 Å². The van der Waals surface area contributed by atoms with Gasteiger partial charge < -0.3 is 14.8 Å². The Balaban J connectivity index is 2.11. The normalized spacial score (nSPS) is 11.7. The van der Waals surface area contributed by atoms with Crippen molar-refractivity contribution < 1.29 is 17.9 Å². The van der Waals surface area contributed by atoms with Gasteiger partial charge in [0.15, 0.2) is 0 Å². The van der Waals surface area contributed by atoms with Crippen molar-refractivity contribution in [1.82, 2.24) is 15.3 Å². The Kier molecular flexibility index (Phi) is 7.59. The highest BCUT2D eigenvalue weighted by Crippen LogP contribution is 2.26. The molecule has 154 valence electrons. The van der Waals surface area contributed by atoms with Gasteiger partial charge >= 0.3 is 6.01 Å². The van der Waals surface area contributed by atoms with Gasteiger partial charge in [-0.2, -0.15) is 4.98 Å². The lowest BCUT2D eigenvalue weighted by molar-refractivity contribution is 0.279. The molecule has 28 heavy (non-hydrogen) atoms. The number of methoxy groups -OCH3 is 1. The summed E-state index contributed by atoms with van der Waals surface area (Å²) >= 11 is 0. The molecule has 0 saturated heterocycles. The number of sulfonamides is 1. The molecule has 0 atom stereocenters. The quantitative estimate of drug-likeness (QED) is 0.583. The maximum absolute atomic E-state index is 12.6. The van der Waals surface area contributed by atoms with Gasteiger partial charge in [-0.05, 0) is 23.6 Å². The Morgan fingerprint density at radius 3 is 2.36 bits per heavy atom. The van der Waals surface area contributed by atoms with Crippen molar-refractivity contribution in [2.75, 3.05) is 25.0 Å². The van der Waals surface area contributed by atoms with E-state index in [9.17, 15) is 8.42 Å². The SMILES string of the molecule is COc1nc(OCCNC(C)C)ncc1NS(=O)(=O)c1ccc(C(C)C)cc1. The molecule has 1 aromatic heterocycles. The highest BCUT2D eigenvalue weighted by molar-refractivity contribution is 7.92. The highest BCUT2D eigenvalue weighted by atomic mass is 32.2. The maximum atomic E-state index is 12.6. The van der Waals surface area contributed by atoms with Crippen LogP contribution in [0.25, 0.3) is 0 Å². The third-order valence-electron chi connectivity index (χ3n) is 3.91. The first-order valence-electron chi connectivity index (χ1n) is 9.13. The first kappa shape index (κ1) is 21.9. The molecule has 0 fully saturated rings. The minimum absolute atomic E-state index is 0.0872. The zero-order chi connectivity index (χ0) is 20.7. The van der Waals surface area contributed by atoms with Crippen molar-refractivity contribution in [2.24, 2.45) is 0 Å². The van der Waals surface area contributed by atoms with Crippen LogP contribution in [0.4, 0.5) is 5.69 Å². The standard InChI is InChI=1S/C19H28N4O4S/c1-13(2)15-6-8-16(9-7-15)28(24,25)23-17-12-21-19(22-18(17)26-5)27-11-10-20-14(3)4/h6-9,12-14,20,23H,10-11H2,1-5H3. The van der Waals surface area contributed by atoms with Gasteiger partial charge in [0, 0.05) is 12.6 Å². The number of aromatic nitrogens is 2. The number of nitrogens with zero attached hydrogens (tertiary/aromatic N) is 2. The molecule has 1 aromatic carbocycles. The smallest absolute Gasteiger partial charge is 0.319 e. The van der Waals surface area contributed by atoms with Crippen molar-refractivity contribution in [1.29, 1.82) is 0 Å². The summed E-state index contributed by atoms with van der Waals surface area (Å²) in [6, 6.07) is 7.22. The summed E-state index contributed by atoms with van der Waals surface area (Å²) in [5.41, 5.74) is 1.21. The van der Waals surface area contributed by atoms with E-state index in [0.29, 0.717) is 25.1 Å². The van der Waals surface area contributed by atoms with Crippen LogP contribution in [0, 0.1) is 0 Å². The second-order valence-electron chi connectivity index (χ2n) is 6.86. The second kappa shape index (κ2) is 9.70. The number of anilines is 1. The van der Waals surface area contributed by atoms with Crippen molar-refractivity contribution in [3.05, 3.63) is 36.0 Å². The van der Waals surface area contributed by atoms with Crippen LogP contribution >= 0.6 is 0 Å². The van der Waals surface area contributed by atoms with Gasteiger partial charge in [-0.25, -0.2) is 13.4 Å². The molecule has 0 amide bonds. The largest absolute Gasteiger partial charge is 0.479 e. The molecule has 0 aliphatic carbocycles. The summed E-state index contributed by atoms with van der Waals surface area (Å²) in [6.07, 6.45) is 1.33. The van der Waals surface area contributed by atoms with Gasteiger partial charge in [0.1, 0.15) is 12.3 Å². The number of nitrogens with one attached hydrogen (secondary N) is 2. The molecule has 2 aromatic rings. The fourth-order valence-electron chi connectivity index (χ4n) is 2.37. The molecule has 9 heteroatoms. The predicted octanol–water partition coefficient (Wildman–Crippen LogP) is 2.79. The Hall–Kier alpha value is -2.39. The van der Waals surface area contributed by atoms with Crippen LogP contribution in [-0.2, 0) is 10.0 Å². The lowest BCUT2D eigenvalue weighted by Crippen LogP contribution is -2.27. The molecule has 1 heterocycles. The Bertz CT molecular complexity index is 868. The van der Waals surface area contributed by atoms with E-state index in [1.165, 1.54) is 13.3 Å². The molecule has 2 rings (SSSR count). The zero-order valence-electron chi connectivity index (χ0n) is 16.9. The minimum Gasteiger partial charge on any atom is -0.479 e. The lowest BCUT2D eigenvalue weighted by atomic mass is 10.0. The van der Waals surface area contributed by atoms with Crippen LogP contribution < -0.4 is 19.5 Å². The van der Waals surface area contributed by atoms with E-state index in [1.54, 1.807) is 24.3 Å². The van der Waals surface area contributed by atoms with E-state index in [1.807, 2.05) is 27.7 Å². The molecular weight excluding hydrogens is 380 g/mol. The number of hydrogen-bond acceptors (Lipinski definition) is 7. The number of hydrogen-bond donors (Lipinski definition) is 2. The molecule has 2 N–H and O–H groups in total. The molecule has 0 unspecified atom stereocenters. The molecule has 0 saturated carbocycles. The van der Waals surface area contributed by atoms with E-state index < -0.39 is 10.0 Å². The first-order chi connectivity index (χ1) is 13.2. The van der Waals surface area contributed by atoms with Gasteiger partial charge in [0.2, 0.25) is 5.88 Å². The molecule has 8 nitrogen and oxygen atoms in total. The van der Waals surface area contributed by atoms with E-state index in [0.717, 1.165) is 5.56 Å². The van der Waals surface area contributed by atoms with Gasteiger partial charge in [-0.1, -0.05) is 39.8 Å². The average molecular weight is 409 g/mol. The van der Waals surface area contributed by atoms with Crippen LogP contribution in [0.5, 0.6) is 11.9 Å². The fourth-order valence-corrected chi connectivity index (χ4v) is 3.41. The molecular formula is C19H28N4O4S. The van der Waals surface area contributed by atoms with Gasteiger partial charge in [0.25, 0.3) is 10.0 Å². The summed E-state index contributed by atoms with van der Waals surface area (Å²) in [4.78, 5) is 8.32. The van der Waals surface area contributed by atoms with Crippen LogP contribution in [0.3, 0.4) is 0 Å².